The molecule has 0 aliphatic carbocycles. The zero-order chi connectivity index (χ0) is 22.9. The first-order chi connectivity index (χ1) is 14.7. The number of nitrogens with one attached hydrogen (secondary N) is 3. The van der Waals surface area contributed by atoms with Crippen LogP contribution in [0.4, 0.5) is 4.79 Å². The second kappa shape index (κ2) is 11.0. The van der Waals surface area contributed by atoms with Crippen LogP contribution < -0.4 is 20.1 Å². The number of sulfonamides is 1. The van der Waals surface area contributed by atoms with E-state index < -0.39 is 22.0 Å². The Labute approximate surface area is 178 Å². The van der Waals surface area contributed by atoms with Crippen LogP contribution in [0.2, 0.25) is 0 Å². The molecule has 2 aromatic rings. The minimum Gasteiger partial charge on any atom is -0.395 e. The lowest BCUT2D eigenvalue weighted by molar-refractivity contribution is -0.118. The molecule has 1 aromatic carbocycles. The SMILES string of the molecule is CC(=O)NCCc1ccc(S(=O)(=O)NC(=O)c2ccc(OC(=O)NCCO)nc2)cc1. The van der Waals surface area contributed by atoms with Crippen molar-refractivity contribution in [1.29, 1.82) is 0 Å². The summed E-state index contributed by atoms with van der Waals surface area (Å²) < 4.78 is 31.6. The summed E-state index contributed by atoms with van der Waals surface area (Å²) in [6.45, 7) is 1.59. The number of aromatic nitrogens is 1. The second-order valence-electron chi connectivity index (χ2n) is 6.24. The maximum Gasteiger partial charge on any atom is 0.414 e. The number of ether oxygens (including phenoxy) is 1. The molecule has 0 unspecified atom stereocenters. The highest BCUT2D eigenvalue weighted by Gasteiger charge is 2.19. The lowest BCUT2D eigenvalue weighted by Crippen LogP contribution is -2.31. The van der Waals surface area contributed by atoms with Crippen molar-refractivity contribution in [2.45, 2.75) is 18.2 Å². The number of pyridine rings is 1. The molecule has 166 valence electrons. The molecule has 1 aromatic heterocycles. The van der Waals surface area contributed by atoms with Crippen LogP contribution in [-0.4, -0.2) is 56.1 Å². The second-order valence-corrected chi connectivity index (χ2v) is 7.92. The molecule has 0 aliphatic heterocycles. The molecule has 2 rings (SSSR count). The van der Waals surface area contributed by atoms with Crippen LogP contribution >= 0.6 is 0 Å². The summed E-state index contributed by atoms with van der Waals surface area (Å²) in [5, 5.41) is 13.5. The summed E-state index contributed by atoms with van der Waals surface area (Å²) >= 11 is 0. The van der Waals surface area contributed by atoms with E-state index in [4.69, 9.17) is 9.84 Å². The summed E-state index contributed by atoms with van der Waals surface area (Å²) in [5.41, 5.74) is 0.764. The highest BCUT2D eigenvalue weighted by atomic mass is 32.2. The third-order valence-corrected chi connectivity index (χ3v) is 5.17. The fourth-order valence-corrected chi connectivity index (χ4v) is 3.30. The first kappa shape index (κ1) is 23.8. The topological polar surface area (TPSA) is 164 Å². The number of rotatable bonds is 9. The van der Waals surface area contributed by atoms with Crippen LogP contribution in [-0.2, 0) is 21.2 Å². The first-order valence-electron chi connectivity index (χ1n) is 9.14. The van der Waals surface area contributed by atoms with Crippen LogP contribution in [0.1, 0.15) is 22.8 Å². The van der Waals surface area contributed by atoms with Crippen LogP contribution in [0.3, 0.4) is 0 Å². The molecule has 0 saturated carbocycles. The maximum absolute atomic E-state index is 12.4. The summed E-state index contributed by atoms with van der Waals surface area (Å²) in [7, 11) is -4.11. The van der Waals surface area contributed by atoms with Crippen molar-refractivity contribution in [2.24, 2.45) is 0 Å². The molecular formula is C19H22N4O7S. The van der Waals surface area contributed by atoms with E-state index in [2.05, 4.69) is 15.6 Å². The highest BCUT2D eigenvalue weighted by molar-refractivity contribution is 7.90. The average Bonchev–Trinajstić information content (AvgIpc) is 2.72. The van der Waals surface area contributed by atoms with E-state index >= 15 is 0 Å². The maximum atomic E-state index is 12.4. The lowest BCUT2D eigenvalue weighted by Gasteiger charge is -2.09. The van der Waals surface area contributed by atoms with E-state index in [0.717, 1.165) is 11.8 Å². The molecule has 0 saturated heterocycles. The van der Waals surface area contributed by atoms with Gasteiger partial charge in [0.2, 0.25) is 11.8 Å². The monoisotopic (exact) mass is 450 g/mol. The summed E-state index contributed by atoms with van der Waals surface area (Å²) in [4.78, 5) is 38.2. The van der Waals surface area contributed by atoms with Crippen molar-refractivity contribution in [3.05, 3.63) is 53.7 Å². The first-order valence-corrected chi connectivity index (χ1v) is 10.6. The van der Waals surface area contributed by atoms with Crippen LogP contribution in [0.5, 0.6) is 5.88 Å². The molecule has 0 spiro atoms. The number of hydrogen-bond acceptors (Lipinski definition) is 8. The Kier molecular flexibility index (Phi) is 8.46. The highest BCUT2D eigenvalue weighted by Crippen LogP contribution is 2.13. The van der Waals surface area contributed by atoms with Gasteiger partial charge >= 0.3 is 6.09 Å². The van der Waals surface area contributed by atoms with Gasteiger partial charge in [0.05, 0.1) is 17.1 Å². The van der Waals surface area contributed by atoms with Crippen molar-refractivity contribution in [2.75, 3.05) is 19.7 Å². The normalized spacial score (nSPS) is 10.8. The van der Waals surface area contributed by atoms with Crippen LogP contribution in [0, 0.1) is 0 Å². The van der Waals surface area contributed by atoms with Crippen molar-refractivity contribution < 1.29 is 32.6 Å². The van der Waals surface area contributed by atoms with Gasteiger partial charge in [-0.2, -0.15) is 0 Å². The molecule has 12 heteroatoms. The van der Waals surface area contributed by atoms with Gasteiger partial charge in [-0.3, -0.25) is 9.59 Å². The van der Waals surface area contributed by atoms with Crippen molar-refractivity contribution >= 4 is 27.9 Å². The van der Waals surface area contributed by atoms with Crippen molar-refractivity contribution in [3.8, 4) is 5.88 Å². The van der Waals surface area contributed by atoms with Gasteiger partial charge in [-0.25, -0.2) is 22.9 Å². The van der Waals surface area contributed by atoms with E-state index in [9.17, 15) is 22.8 Å². The fraction of sp³-hybridized carbons (Fsp3) is 0.263. The Morgan fingerprint density at radius 1 is 1.03 bits per heavy atom. The van der Waals surface area contributed by atoms with Gasteiger partial charge in [-0.1, -0.05) is 12.1 Å². The summed E-state index contributed by atoms with van der Waals surface area (Å²) in [5.74, 6) is -1.16. The van der Waals surface area contributed by atoms with E-state index in [1.165, 1.54) is 31.2 Å². The Balaban J connectivity index is 1.97. The summed E-state index contributed by atoms with van der Waals surface area (Å²) in [6, 6.07) is 8.38. The third-order valence-electron chi connectivity index (χ3n) is 3.83. The smallest absolute Gasteiger partial charge is 0.395 e. The quantitative estimate of drug-likeness (QED) is 0.413. The Hall–Kier alpha value is -3.51. The Morgan fingerprint density at radius 2 is 1.74 bits per heavy atom. The van der Waals surface area contributed by atoms with E-state index in [1.807, 2.05) is 4.72 Å². The number of benzene rings is 1. The zero-order valence-electron chi connectivity index (χ0n) is 16.6. The predicted molar refractivity (Wildman–Crippen MR) is 109 cm³/mol. The molecule has 1 heterocycles. The number of amides is 3. The molecule has 3 amide bonds. The standard InChI is InChI=1S/C19H22N4O7S/c1-13(25)20-9-8-14-2-5-16(6-3-14)31(28,29)23-18(26)15-4-7-17(22-12-15)30-19(27)21-10-11-24/h2-7,12,24H,8-11H2,1H3,(H,20,25)(H,21,27)(H,23,26). The van der Waals surface area contributed by atoms with Gasteiger partial charge in [0.25, 0.3) is 15.9 Å². The van der Waals surface area contributed by atoms with Crippen molar-refractivity contribution in [3.63, 3.8) is 0 Å². The van der Waals surface area contributed by atoms with E-state index in [0.29, 0.717) is 13.0 Å². The van der Waals surface area contributed by atoms with Gasteiger partial charge in [0.15, 0.2) is 0 Å². The number of carbonyl (C=O) groups is 3. The molecule has 0 bridgehead atoms. The molecule has 0 radical (unpaired) electrons. The third kappa shape index (κ3) is 7.68. The molecular weight excluding hydrogens is 428 g/mol. The van der Waals surface area contributed by atoms with E-state index in [-0.39, 0.29) is 35.4 Å². The van der Waals surface area contributed by atoms with E-state index in [1.54, 1.807) is 12.1 Å². The molecule has 11 nitrogen and oxygen atoms in total. The predicted octanol–water partition coefficient (Wildman–Crippen LogP) is -0.0404. The minimum absolute atomic E-state index is 0.00741. The van der Waals surface area contributed by atoms with Gasteiger partial charge < -0.3 is 20.5 Å². The molecule has 0 fully saturated rings. The number of aliphatic hydroxyl groups excluding tert-OH is 1. The summed E-state index contributed by atoms with van der Waals surface area (Å²) in [6.07, 6.45) is 0.761. The number of nitrogens with zero attached hydrogens (tertiary/aromatic N) is 1. The number of carbonyl (C=O) groups excluding carboxylic acids is 3. The lowest BCUT2D eigenvalue weighted by atomic mass is 10.1. The number of hydrogen-bond donors (Lipinski definition) is 4. The zero-order valence-corrected chi connectivity index (χ0v) is 17.4. The Bertz CT molecular complexity index is 1020. The van der Waals surface area contributed by atoms with Crippen LogP contribution in [0.15, 0.2) is 47.5 Å². The largest absolute Gasteiger partial charge is 0.414 e. The van der Waals surface area contributed by atoms with Gasteiger partial charge in [-0.05, 0) is 30.2 Å². The number of aliphatic hydroxyl groups is 1. The molecule has 0 aliphatic rings. The van der Waals surface area contributed by atoms with Gasteiger partial charge in [-0.15, -0.1) is 0 Å². The average molecular weight is 450 g/mol. The molecule has 4 N–H and O–H groups in total. The Morgan fingerprint density at radius 3 is 2.32 bits per heavy atom. The fourth-order valence-electron chi connectivity index (χ4n) is 2.32. The van der Waals surface area contributed by atoms with Gasteiger partial charge in [0.1, 0.15) is 0 Å². The van der Waals surface area contributed by atoms with Gasteiger partial charge in [0, 0.05) is 32.3 Å². The minimum atomic E-state index is -4.11. The van der Waals surface area contributed by atoms with Crippen molar-refractivity contribution in [1.82, 2.24) is 20.3 Å². The molecule has 31 heavy (non-hydrogen) atoms. The van der Waals surface area contributed by atoms with Crippen LogP contribution in [0.25, 0.3) is 0 Å². The molecule has 0 atom stereocenters.